The van der Waals surface area contributed by atoms with Crippen LogP contribution in [0, 0.1) is 0 Å². The molecule has 0 atom stereocenters. The van der Waals surface area contributed by atoms with Gasteiger partial charge in [-0.2, -0.15) is 0 Å². The zero-order valence-corrected chi connectivity index (χ0v) is 13.2. The zero-order chi connectivity index (χ0) is 14.3. The zero-order valence-electron chi connectivity index (χ0n) is 10.8. The molecule has 0 radical (unpaired) electrons. The standard InChI is InChI=1S/C13H16BrClO4/c1-3-17-13(18-4-2)8-19-12-5-9(7-16)11(15)6-10(12)14/h5-7,13H,3-4,8H2,1-2H3. The van der Waals surface area contributed by atoms with E-state index in [9.17, 15) is 4.79 Å². The first-order chi connectivity index (χ1) is 9.12. The number of ether oxygens (including phenoxy) is 3. The molecule has 19 heavy (non-hydrogen) atoms. The number of halogens is 2. The second-order valence-corrected chi connectivity index (χ2v) is 4.83. The summed E-state index contributed by atoms with van der Waals surface area (Å²) in [6.07, 6.45) is 0.252. The van der Waals surface area contributed by atoms with Crippen molar-refractivity contribution in [2.45, 2.75) is 20.1 Å². The molecular formula is C13H16BrClO4. The number of carbonyl (C=O) groups is 1. The van der Waals surface area contributed by atoms with Crippen LogP contribution in [-0.2, 0) is 9.47 Å². The highest BCUT2D eigenvalue weighted by atomic mass is 79.9. The summed E-state index contributed by atoms with van der Waals surface area (Å²) in [6, 6.07) is 3.20. The van der Waals surface area contributed by atoms with Gasteiger partial charge >= 0.3 is 0 Å². The van der Waals surface area contributed by atoms with Gasteiger partial charge in [-0.15, -0.1) is 0 Å². The summed E-state index contributed by atoms with van der Waals surface area (Å²) in [5, 5.41) is 0.375. The molecule has 1 aromatic rings. The van der Waals surface area contributed by atoms with Crippen molar-refractivity contribution in [3.63, 3.8) is 0 Å². The van der Waals surface area contributed by atoms with Crippen LogP contribution in [0.3, 0.4) is 0 Å². The third kappa shape index (κ3) is 5.10. The summed E-state index contributed by atoms with van der Waals surface area (Å²) < 4.78 is 17.0. The largest absolute Gasteiger partial charge is 0.487 e. The van der Waals surface area contributed by atoms with E-state index in [2.05, 4.69) is 15.9 Å². The van der Waals surface area contributed by atoms with E-state index in [1.54, 1.807) is 12.1 Å². The number of carbonyl (C=O) groups excluding carboxylic acids is 1. The average molecular weight is 352 g/mol. The number of aldehydes is 1. The summed E-state index contributed by atoms with van der Waals surface area (Å²) in [6.45, 7) is 5.08. The molecule has 0 heterocycles. The lowest BCUT2D eigenvalue weighted by atomic mass is 10.2. The minimum absolute atomic E-state index is 0.236. The molecule has 0 amide bonds. The molecule has 0 aliphatic carbocycles. The maximum Gasteiger partial charge on any atom is 0.191 e. The Balaban J connectivity index is 2.73. The van der Waals surface area contributed by atoms with E-state index in [0.717, 1.165) is 0 Å². The van der Waals surface area contributed by atoms with Gasteiger partial charge < -0.3 is 14.2 Å². The van der Waals surface area contributed by atoms with Crippen molar-refractivity contribution in [3.05, 3.63) is 27.2 Å². The van der Waals surface area contributed by atoms with E-state index in [4.69, 9.17) is 25.8 Å². The van der Waals surface area contributed by atoms with Crippen LogP contribution >= 0.6 is 27.5 Å². The van der Waals surface area contributed by atoms with Crippen molar-refractivity contribution < 1.29 is 19.0 Å². The fourth-order valence-electron chi connectivity index (χ4n) is 1.42. The second-order valence-electron chi connectivity index (χ2n) is 3.57. The number of benzene rings is 1. The normalized spacial score (nSPS) is 10.8. The van der Waals surface area contributed by atoms with Crippen LogP contribution in [0.25, 0.3) is 0 Å². The molecule has 4 nitrogen and oxygen atoms in total. The van der Waals surface area contributed by atoms with Gasteiger partial charge in [0.25, 0.3) is 0 Å². The van der Waals surface area contributed by atoms with Crippen LogP contribution in [0.4, 0.5) is 0 Å². The van der Waals surface area contributed by atoms with Crippen LogP contribution in [0.15, 0.2) is 16.6 Å². The van der Waals surface area contributed by atoms with E-state index in [-0.39, 0.29) is 6.61 Å². The highest BCUT2D eigenvalue weighted by Gasteiger charge is 2.12. The molecule has 0 N–H and O–H groups in total. The highest BCUT2D eigenvalue weighted by Crippen LogP contribution is 2.30. The van der Waals surface area contributed by atoms with E-state index in [1.807, 2.05) is 13.8 Å². The Morgan fingerprint density at radius 1 is 1.32 bits per heavy atom. The van der Waals surface area contributed by atoms with E-state index >= 15 is 0 Å². The van der Waals surface area contributed by atoms with Gasteiger partial charge in [-0.3, -0.25) is 4.79 Å². The maximum atomic E-state index is 10.8. The molecule has 1 aromatic carbocycles. The lowest BCUT2D eigenvalue weighted by molar-refractivity contribution is -0.152. The molecule has 0 aliphatic rings. The molecule has 0 saturated carbocycles. The Morgan fingerprint density at radius 3 is 2.47 bits per heavy atom. The summed E-state index contributed by atoms with van der Waals surface area (Å²) in [5.41, 5.74) is 0.379. The molecule has 0 fully saturated rings. The van der Waals surface area contributed by atoms with Gasteiger partial charge in [0.15, 0.2) is 12.6 Å². The topological polar surface area (TPSA) is 44.8 Å². The first-order valence-electron chi connectivity index (χ1n) is 5.92. The summed E-state index contributed by atoms with van der Waals surface area (Å²) in [5.74, 6) is 0.524. The first kappa shape index (κ1) is 16.4. The molecule has 0 bridgehead atoms. The second kappa shape index (κ2) is 8.53. The van der Waals surface area contributed by atoms with Crippen LogP contribution in [0.5, 0.6) is 5.75 Å². The monoisotopic (exact) mass is 350 g/mol. The van der Waals surface area contributed by atoms with Gasteiger partial charge in [-0.05, 0) is 41.9 Å². The predicted molar refractivity (Wildman–Crippen MR) is 77.1 cm³/mol. The molecule has 1 rings (SSSR count). The Bertz CT molecular complexity index is 419. The SMILES string of the molecule is CCOC(COc1cc(C=O)c(Cl)cc1Br)OCC. The van der Waals surface area contributed by atoms with Crippen LogP contribution in [-0.4, -0.2) is 32.4 Å². The Kier molecular flexibility index (Phi) is 7.38. The van der Waals surface area contributed by atoms with Gasteiger partial charge in [0.1, 0.15) is 12.4 Å². The van der Waals surface area contributed by atoms with Crippen molar-refractivity contribution in [2.24, 2.45) is 0 Å². The molecule has 6 heteroatoms. The predicted octanol–water partition coefficient (Wildman–Crippen LogP) is 3.69. The molecule has 0 aromatic heterocycles. The Hall–Kier alpha value is -0.620. The minimum Gasteiger partial charge on any atom is -0.487 e. The smallest absolute Gasteiger partial charge is 0.191 e. The quantitative estimate of drug-likeness (QED) is 0.529. The van der Waals surface area contributed by atoms with E-state index in [1.165, 1.54) is 0 Å². The van der Waals surface area contributed by atoms with E-state index < -0.39 is 6.29 Å². The lowest BCUT2D eigenvalue weighted by Crippen LogP contribution is -2.25. The fourth-order valence-corrected chi connectivity index (χ4v) is 2.22. The summed E-state index contributed by atoms with van der Waals surface area (Å²) in [4.78, 5) is 10.8. The molecule has 0 spiro atoms. The van der Waals surface area contributed by atoms with Crippen LogP contribution in [0.2, 0.25) is 5.02 Å². The van der Waals surface area contributed by atoms with Gasteiger partial charge in [0, 0.05) is 18.8 Å². The number of rotatable bonds is 8. The summed E-state index contributed by atoms with van der Waals surface area (Å²) in [7, 11) is 0. The van der Waals surface area contributed by atoms with Crippen molar-refractivity contribution in [1.82, 2.24) is 0 Å². The average Bonchev–Trinajstić information content (AvgIpc) is 2.38. The van der Waals surface area contributed by atoms with Crippen molar-refractivity contribution in [1.29, 1.82) is 0 Å². The van der Waals surface area contributed by atoms with Crippen LogP contribution < -0.4 is 4.74 Å². The van der Waals surface area contributed by atoms with Gasteiger partial charge in [0.2, 0.25) is 0 Å². The lowest BCUT2D eigenvalue weighted by Gasteiger charge is -2.18. The summed E-state index contributed by atoms with van der Waals surface area (Å²) >= 11 is 9.23. The van der Waals surface area contributed by atoms with Gasteiger partial charge in [-0.25, -0.2) is 0 Å². The number of hydrogen-bond acceptors (Lipinski definition) is 4. The Morgan fingerprint density at radius 2 is 1.95 bits per heavy atom. The van der Waals surface area contributed by atoms with E-state index in [0.29, 0.717) is 40.3 Å². The van der Waals surface area contributed by atoms with Crippen molar-refractivity contribution in [3.8, 4) is 5.75 Å². The first-order valence-corrected chi connectivity index (χ1v) is 7.09. The van der Waals surface area contributed by atoms with Crippen molar-refractivity contribution in [2.75, 3.05) is 19.8 Å². The molecule has 0 saturated heterocycles. The van der Waals surface area contributed by atoms with Gasteiger partial charge in [-0.1, -0.05) is 11.6 Å². The maximum absolute atomic E-state index is 10.8. The molecule has 0 aliphatic heterocycles. The minimum atomic E-state index is -0.433. The fraction of sp³-hybridized carbons (Fsp3) is 0.462. The van der Waals surface area contributed by atoms with Gasteiger partial charge in [0.05, 0.1) is 9.50 Å². The molecule has 106 valence electrons. The number of hydrogen-bond donors (Lipinski definition) is 0. The highest BCUT2D eigenvalue weighted by molar-refractivity contribution is 9.10. The Labute approximate surface area is 126 Å². The third-order valence-corrected chi connectivity index (χ3v) is 3.21. The van der Waals surface area contributed by atoms with Crippen LogP contribution in [0.1, 0.15) is 24.2 Å². The van der Waals surface area contributed by atoms with Crippen molar-refractivity contribution >= 4 is 33.8 Å². The third-order valence-electron chi connectivity index (χ3n) is 2.26. The molecular weight excluding hydrogens is 335 g/mol. The molecule has 0 unspecified atom stereocenters.